The van der Waals surface area contributed by atoms with Gasteiger partial charge in [-0.15, -0.1) is 11.3 Å². The summed E-state index contributed by atoms with van der Waals surface area (Å²) in [6, 6.07) is 11.0. The number of nitrogens with one attached hydrogen (secondary N) is 2. The van der Waals surface area contributed by atoms with Crippen LogP contribution in [0.2, 0.25) is 0 Å². The third-order valence-electron chi connectivity index (χ3n) is 6.82. The van der Waals surface area contributed by atoms with Crippen LogP contribution in [0.25, 0.3) is 5.57 Å². The normalized spacial score (nSPS) is 27.7. The molecule has 3 aliphatic rings. The molecule has 0 bridgehead atoms. The third kappa shape index (κ3) is 3.54. The fourth-order valence-corrected chi connectivity index (χ4v) is 6.15. The summed E-state index contributed by atoms with van der Waals surface area (Å²) < 4.78 is 5.76. The van der Waals surface area contributed by atoms with Gasteiger partial charge in [-0.25, -0.2) is 4.98 Å². The number of thiazole rings is 1. The predicted molar refractivity (Wildman–Crippen MR) is 125 cm³/mol. The van der Waals surface area contributed by atoms with E-state index < -0.39 is 5.41 Å². The number of hydrogen-bond donors (Lipinski definition) is 2. The first-order valence-electron chi connectivity index (χ1n) is 11.5. The topological polar surface area (TPSA) is 75.9 Å². The predicted octanol–water partition coefficient (Wildman–Crippen LogP) is 4.70. The summed E-state index contributed by atoms with van der Waals surface area (Å²) in [6.45, 7) is 2.07. The average molecular weight is 446 g/mol. The van der Waals surface area contributed by atoms with Crippen LogP contribution in [0.15, 0.2) is 59.3 Å². The molecular weight excluding hydrogens is 418 g/mol. The lowest BCUT2D eigenvalue weighted by Crippen LogP contribution is -2.27. The van der Waals surface area contributed by atoms with Gasteiger partial charge in [-0.2, -0.15) is 4.98 Å². The first-order valence-corrected chi connectivity index (χ1v) is 12.4. The standard InChI is InChI=1S/C25H27N5OS/c1-2-6-17(7-3-1)18-10-12-25(13-11-18,21-16-28-23(32-21)20-9-5-15-27-20)24-29-22(31-30-24)19-8-4-14-26-19/h1-3,6-7,10-12,16,19-20,26-27H,4-5,8-9,13-15H2/t19-,20-,25?/m0/s1. The van der Waals surface area contributed by atoms with E-state index in [1.54, 1.807) is 11.3 Å². The molecule has 3 atom stereocenters. The molecule has 4 heterocycles. The van der Waals surface area contributed by atoms with Crippen molar-refractivity contribution < 1.29 is 4.52 Å². The highest BCUT2D eigenvalue weighted by molar-refractivity contribution is 7.11. The van der Waals surface area contributed by atoms with Gasteiger partial charge >= 0.3 is 0 Å². The van der Waals surface area contributed by atoms with Gasteiger partial charge in [0.1, 0.15) is 5.01 Å². The summed E-state index contributed by atoms with van der Waals surface area (Å²) >= 11 is 1.78. The van der Waals surface area contributed by atoms with Crippen LogP contribution in [-0.2, 0) is 5.41 Å². The summed E-state index contributed by atoms with van der Waals surface area (Å²) in [4.78, 5) is 10.9. The molecule has 2 N–H and O–H groups in total. The van der Waals surface area contributed by atoms with E-state index in [1.807, 2.05) is 6.20 Å². The zero-order chi connectivity index (χ0) is 21.4. The van der Waals surface area contributed by atoms with Gasteiger partial charge in [0.05, 0.1) is 17.5 Å². The van der Waals surface area contributed by atoms with Crippen LogP contribution in [0.3, 0.4) is 0 Å². The molecule has 6 nitrogen and oxygen atoms in total. The van der Waals surface area contributed by atoms with E-state index in [2.05, 4.69) is 64.4 Å². The molecule has 2 aromatic heterocycles. The van der Waals surface area contributed by atoms with Crippen LogP contribution in [-0.4, -0.2) is 28.2 Å². The van der Waals surface area contributed by atoms with Gasteiger partial charge in [0.2, 0.25) is 5.89 Å². The van der Waals surface area contributed by atoms with Crippen molar-refractivity contribution in [3.63, 3.8) is 0 Å². The largest absolute Gasteiger partial charge is 0.338 e. The van der Waals surface area contributed by atoms with E-state index in [0.717, 1.165) is 49.6 Å². The molecule has 6 rings (SSSR count). The molecule has 0 amide bonds. The quantitative estimate of drug-likeness (QED) is 0.593. The summed E-state index contributed by atoms with van der Waals surface area (Å²) in [5.74, 6) is 1.43. The number of allylic oxidation sites excluding steroid dienone is 4. The summed E-state index contributed by atoms with van der Waals surface area (Å²) in [5.41, 5.74) is 2.00. The molecule has 0 radical (unpaired) electrons. The van der Waals surface area contributed by atoms with Gasteiger partial charge < -0.3 is 15.2 Å². The van der Waals surface area contributed by atoms with E-state index in [0.29, 0.717) is 11.9 Å². The highest BCUT2D eigenvalue weighted by Crippen LogP contribution is 2.44. The van der Waals surface area contributed by atoms with Gasteiger partial charge in [0, 0.05) is 11.1 Å². The van der Waals surface area contributed by atoms with Crippen molar-refractivity contribution >= 4 is 16.9 Å². The maximum Gasteiger partial charge on any atom is 0.243 e. The molecule has 32 heavy (non-hydrogen) atoms. The van der Waals surface area contributed by atoms with Crippen molar-refractivity contribution in [1.29, 1.82) is 0 Å². The molecule has 0 spiro atoms. The second kappa shape index (κ2) is 8.39. The van der Waals surface area contributed by atoms with E-state index >= 15 is 0 Å². The van der Waals surface area contributed by atoms with Gasteiger partial charge in [-0.05, 0) is 56.3 Å². The zero-order valence-electron chi connectivity index (χ0n) is 18.0. The smallest absolute Gasteiger partial charge is 0.243 e. The molecule has 164 valence electrons. The van der Waals surface area contributed by atoms with Crippen LogP contribution in [0, 0.1) is 0 Å². The SMILES string of the molecule is C1=CC(c2noc([C@@H]3CCCN3)n2)(c2cnc([C@@H]3CCCN3)s2)CC=C1c1ccccc1. The third-order valence-corrected chi connectivity index (χ3v) is 8.11. The summed E-state index contributed by atoms with van der Waals surface area (Å²) in [5, 5.41) is 12.7. The molecule has 0 saturated carbocycles. The Labute approximate surface area is 191 Å². The summed E-state index contributed by atoms with van der Waals surface area (Å²) in [7, 11) is 0. The number of hydrogen-bond acceptors (Lipinski definition) is 7. The number of rotatable bonds is 5. The van der Waals surface area contributed by atoms with Crippen molar-refractivity contribution in [3.05, 3.63) is 81.9 Å². The monoisotopic (exact) mass is 445 g/mol. The maximum absolute atomic E-state index is 5.76. The van der Waals surface area contributed by atoms with E-state index in [9.17, 15) is 0 Å². The highest BCUT2D eigenvalue weighted by atomic mass is 32.1. The molecular formula is C25H27N5OS. The Kier molecular flexibility index (Phi) is 5.25. The van der Waals surface area contributed by atoms with Gasteiger partial charge in [0.15, 0.2) is 5.82 Å². The Bertz CT molecular complexity index is 1080. The molecule has 1 aliphatic carbocycles. The van der Waals surface area contributed by atoms with Gasteiger partial charge in [-0.3, -0.25) is 0 Å². The number of aromatic nitrogens is 3. The first kappa shape index (κ1) is 20.0. The van der Waals surface area contributed by atoms with Crippen LogP contribution in [0.4, 0.5) is 0 Å². The molecule has 7 heteroatoms. The zero-order valence-corrected chi connectivity index (χ0v) is 18.8. The van der Waals surface area contributed by atoms with E-state index in [-0.39, 0.29) is 6.04 Å². The Balaban J connectivity index is 1.37. The van der Waals surface area contributed by atoms with Gasteiger partial charge in [0.25, 0.3) is 0 Å². The fourth-order valence-electron chi connectivity index (χ4n) is 4.95. The first-order chi connectivity index (χ1) is 15.8. The van der Waals surface area contributed by atoms with Crippen molar-refractivity contribution in [1.82, 2.24) is 25.8 Å². The lowest BCUT2D eigenvalue weighted by atomic mass is 9.77. The molecule has 1 aromatic carbocycles. The molecule has 2 saturated heterocycles. The minimum Gasteiger partial charge on any atom is -0.338 e. The summed E-state index contributed by atoms with van der Waals surface area (Å²) in [6.07, 6.45) is 14.1. The molecule has 2 fully saturated rings. The van der Waals surface area contributed by atoms with Crippen LogP contribution in [0.1, 0.15) is 71.4 Å². The van der Waals surface area contributed by atoms with E-state index in [1.165, 1.54) is 22.4 Å². The fraction of sp³-hybridized carbons (Fsp3) is 0.400. The Morgan fingerprint density at radius 1 is 1.03 bits per heavy atom. The highest BCUT2D eigenvalue weighted by Gasteiger charge is 2.40. The Morgan fingerprint density at radius 3 is 2.56 bits per heavy atom. The van der Waals surface area contributed by atoms with E-state index in [4.69, 9.17) is 14.5 Å². The van der Waals surface area contributed by atoms with Crippen molar-refractivity contribution in [2.75, 3.05) is 13.1 Å². The Morgan fingerprint density at radius 2 is 1.84 bits per heavy atom. The number of nitrogens with zero attached hydrogens (tertiary/aromatic N) is 3. The van der Waals surface area contributed by atoms with Gasteiger partial charge in [-0.1, -0.05) is 53.7 Å². The Hall–Kier alpha value is -2.61. The van der Waals surface area contributed by atoms with Crippen LogP contribution in [0.5, 0.6) is 0 Å². The minimum atomic E-state index is -0.451. The van der Waals surface area contributed by atoms with Crippen LogP contribution < -0.4 is 10.6 Å². The lowest BCUT2D eigenvalue weighted by Gasteiger charge is -2.28. The second-order valence-electron chi connectivity index (χ2n) is 8.85. The number of benzene rings is 1. The van der Waals surface area contributed by atoms with Crippen molar-refractivity contribution in [2.45, 2.75) is 49.6 Å². The van der Waals surface area contributed by atoms with Crippen molar-refractivity contribution in [3.8, 4) is 0 Å². The van der Waals surface area contributed by atoms with Crippen molar-refractivity contribution in [2.24, 2.45) is 0 Å². The average Bonchev–Trinajstić information content (AvgIpc) is 3.66. The van der Waals surface area contributed by atoms with Crippen LogP contribution >= 0.6 is 11.3 Å². The molecule has 2 aliphatic heterocycles. The lowest BCUT2D eigenvalue weighted by molar-refractivity contribution is 0.337. The maximum atomic E-state index is 5.76. The minimum absolute atomic E-state index is 0.163. The molecule has 1 unspecified atom stereocenters. The molecule has 3 aromatic rings. The second-order valence-corrected chi connectivity index (χ2v) is 9.91.